The molecule has 0 aliphatic heterocycles. The van der Waals surface area contributed by atoms with Crippen LogP contribution in [0.3, 0.4) is 0 Å². The number of nitrogens with zero attached hydrogens (tertiary/aromatic N) is 3. The molecule has 0 atom stereocenters. The number of ether oxygens (including phenoxy) is 1. The Kier molecular flexibility index (Phi) is 11.2. The molecule has 0 amide bonds. The van der Waals surface area contributed by atoms with E-state index in [1.165, 1.54) is 16.5 Å². The van der Waals surface area contributed by atoms with E-state index >= 15 is 0 Å². The van der Waals surface area contributed by atoms with Crippen molar-refractivity contribution in [2.24, 2.45) is 0 Å². The summed E-state index contributed by atoms with van der Waals surface area (Å²) >= 11 is 0. The Labute approximate surface area is 242 Å². The highest BCUT2D eigenvalue weighted by atomic mass is 16.5. The average Bonchev–Trinajstić information content (AvgIpc) is 3.56. The monoisotopic (exact) mass is 581 g/mol. The van der Waals surface area contributed by atoms with Gasteiger partial charge in [0.1, 0.15) is 17.1 Å². The van der Waals surface area contributed by atoms with E-state index in [-0.39, 0.29) is 0 Å². The van der Waals surface area contributed by atoms with Crippen molar-refractivity contribution in [2.75, 3.05) is 13.7 Å². The average molecular weight is 582 g/mol. The number of carboxylic acids is 3. The lowest BCUT2D eigenvalue weighted by Crippen LogP contribution is -2.42. The normalized spacial score (nSPS) is 11.2. The fourth-order valence-electron chi connectivity index (χ4n) is 4.54. The molecule has 4 N–H and O–H groups in total. The lowest BCUT2D eigenvalue weighted by atomic mass is 9.96. The standard InChI is InChI=1S/C24H27N3O2.C6H8O7/c1-19-22(21-9-4-6-11-24(21)29-19)17-27(14-7-13-26-15-12-25-18-26)16-20-8-3-5-10-23(20)28-2;7-3(8)1-6(13,5(11)12)2-4(9)10/h3-6,8-12,15,18H,7,13-14,16-17H2,1-2H3;13H,1-2H2,(H,7,8)(H,9,10)(H,11,12). The summed E-state index contributed by atoms with van der Waals surface area (Å²) in [4.78, 5) is 37.1. The second-order valence-electron chi connectivity index (χ2n) is 9.79. The molecule has 0 unspecified atom stereocenters. The Bertz CT molecular complexity index is 1460. The number of carbonyl (C=O) groups is 3. The molecule has 0 radical (unpaired) electrons. The predicted molar refractivity (Wildman–Crippen MR) is 152 cm³/mol. The van der Waals surface area contributed by atoms with Crippen LogP contribution in [0.1, 0.15) is 36.1 Å². The van der Waals surface area contributed by atoms with Gasteiger partial charge in [-0.15, -0.1) is 0 Å². The number of aliphatic hydroxyl groups is 1. The Morgan fingerprint density at radius 3 is 2.29 bits per heavy atom. The number of methoxy groups -OCH3 is 1. The highest BCUT2D eigenvalue weighted by molar-refractivity contribution is 5.88. The fraction of sp³-hybridized carbons (Fsp3) is 0.333. The summed E-state index contributed by atoms with van der Waals surface area (Å²) in [5, 5.41) is 35.0. The molecule has 12 heteroatoms. The first kappa shape index (κ1) is 31.8. The van der Waals surface area contributed by atoms with Crippen LogP contribution in [0.4, 0.5) is 0 Å². The Hall–Kier alpha value is -4.68. The van der Waals surface area contributed by atoms with E-state index in [1.807, 2.05) is 43.0 Å². The van der Waals surface area contributed by atoms with Crippen LogP contribution in [-0.4, -0.2) is 72.0 Å². The zero-order valence-corrected chi connectivity index (χ0v) is 23.5. The number of rotatable bonds is 14. The van der Waals surface area contributed by atoms with Crippen molar-refractivity contribution in [3.63, 3.8) is 0 Å². The number of furan rings is 1. The van der Waals surface area contributed by atoms with Gasteiger partial charge in [0.05, 0.1) is 26.3 Å². The van der Waals surface area contributed by atoms with E-state index in [0.717, 1.165) is 49.7 Å². The van der Waals surface area contributed by atoms with E-state index in [4.69, 9.17) is 29.6 Å². The Morgan fingerprint density at radius 1 is 1.00 bits per heavy atom. The zero-order valence-electron chi connectivity index (χ0n) is 23.5. The topological polar surface area (TPSA) is 176 Å². The van der Waals surface area contributed by atoms with Crippen LogP contribution in [0.15, 0.2) is 71.7 Å². The summed E-state index contributed by atoms with van der Waals surface area (Å²) < 4.78 is 13.7. The van der Waals surface area contributed by atoms with Gasteiger partial charge in [0.15, 0.2) is 5.60 Å². The first-order valence-corrected chi connectivity index (χ1v) is 13.2. The molecule has 2 aromatic carbocycles. The van der Waals surface area contributed by atoms with Crippen molar-refractivity contribution in [3.05, 3.63) is 84.1 Å². The predicted octanol–water partition coefficient (Wildman–Crippen LogP) is 3.79. The van der Waals surface area contributed by atoms with E-state index in [1.54, 1.807) is 7.11 Å². The van der Waals surface area contributed by atoms with Crippen molar-refractivity contribution < 1.29 is 44.0 Å². The molecule has 2 aromatic heterocycles. The van der Waals surface area contributed by atoms with Crippen LogP contribution in [0.5, 0.6) is 5.75 Å². The molecule has 4 rings (SSSR count). The first-order chi connectivity index (χ1) is 20.0. The highest BCUT2D eigenvalue weighted by Gasteiger charge is 2.40. The number of imidazole rings is 1. The SMILES string of the molecule is COc1ccccc1CN(CCCn1ccnc1)Cc1c(C)oc2ccccc12.O=C(O)CC(O)(CC(=O)O)C(=O)O. The Balaban J connectivity index is 0.000000316. The number of benzene rings is 2. The zero-order chi connectivity index (χ0) is 30.7. The van der Waals surface area contributed by atoms with E-state index in [0.29, 0.717) is 0 Å². The first-order valence-electron chi connectivity index (χ1n) is 13.2. The van der Waals surface area contributed by atoms with Gasteiger partial charge in [-0.25, -0.2) is 9.78 Å². The van der Waals surface area contributed by atoms with Crippen molar-refractivity contribution in [3.8, 4) is 5.75 Å². The summed E-state index contributed by atoms with van der Waals surface area (Å²) in [6.07, 6.45) is 4.47. The number of hydrogen-bond acceptors (Lipinski definition) is 8. The molecule has 42 heavy (non-hydrogen) atoms. The summed E-state index contributed by atoms with van der Waals surface area (Å²) in [7, 11) is 1.73. The van der Waals surface area contributed by atoms with Crippen LogP contribution in [0.2, 0.25) is 0 Å². The fourth-order valence-corrected chi connectivity index (χ4v) is 4.54. The number of aromatic nitrogens is 2. The molecule has 0 saturated carbocycles. The molecule has 0 aliphatic rings. The van der Waals surface area contributed by atoms with E-state index in [2.05, 4.69) is 45.6 Å². The van der Waals surface area contributed by atoms with Gasteiger partial charge in [-0.05, 0) is 25.5 Å². The number of fused-ring (bicyclic) bond motifs is 1. The third-order valence-corrected chi connectivity index (χ3v) is 6.60. The van der Waals surface area contributed by atoms with Crippen molar-refractivity contribution in [1.29, 1.82) is 0 Å². The van der Waals surface area contributed by atoms with Crippen LogP contribution in [0, 0.1) is 6.92 Å². The van der Waals surface area contributed by atoms with Crippen LogP contribution < -0.4 is 4.74 Å². The maximum atomic E-state index is 10.3. The number of hydrogen-bond donors (Lipinski definition) is 4. The third-order valence-electron chi connectivity index (χ3n) is 6.60. The molecule has 12 nitrogen and oxygen atoms in total. The summed E-state index contributed by atoms with van der Waals surface area (Å²) in [5.74, 6) is -3.10. The van der Waals surface area contributed by atoms with Crippen LogP contribution >= 0.6 is 0 Å². The van der Waals surface area contributed by atoms with Crippen molar-refractivity contribution in [2.45, 2.75) is 51.4 Å². The van der Waals surface area contributed by atoms with Gasteiger partial charge in [0.2, 0.25) is 0 Å². The molecule has 224 valence electrons. The molecule has 2 heterocycles. The molecular formula is C30H35N3O9. The minimum atomic E-state index is -2.74. The van der Waals surface area contributed by atoms with Gasteiger partial charge in [0.25, 0.3) is 0 Å². The van der Waals surface area contributed by atoms with Gasteiger partial charge in [-0.1, -0.05) is 36.4 Å². The van der Waals surface area contributed by atoms with Gasteiger partial charge >= 0.3 is 17.9 Å². The molecule has 0 spiro atoms. The summed E-state index contributed by atoms with van der Waals surface area (Å²) in [6, 6.07) is 16.5. The maximum absolute atomic E-state index is 10.3. The molecular weight excluding hydrogens is 546 g/mol. The smallest absolute Gasteiger partial charge is 0.336 e. The van der Waals surface area contributed by atoms with Gasteiger partial charge in [-0.2, -0.15) is 0 Å². The van der Waals surface area contributed by atoms with Crippen LogP contribution in [0.25, 0.3) is 11.0 Å². The van der Waals surface area contributed by atoms with Gasteiger partial charge in [0, 0.05) is 55.1 Å². The largest absolute Gasteiger partial charge is 0.496 e. The maximum Gasteiger partial charge on any atom is 0.336 e. The quantitative estimate of drug-likeness (QED) is 0.170. The highest BCUT2D eigenvalue weighted by Crippen LogP contribution is 2.28. The molecule has 0 fully saturated rings. The molecule has 4 aromatic rings. The third kappa shape index (κ3) is 8.91. The molecule has 0 aliphatic carbocycles. The van der Waals surface area contributed by atoms with Crippen molar-refractivity contribution in [1.82, 2.24) is 14.5 Å². The lowest BCUT2D eigenvalue weighted by molar-refractivity contribution is -0.170. The summed E-state index contributed by atoms with van der Waals surface area (Å²) in [6.45, 7) is 5.64. The molecule has 0 saturated heterocycles. The summed E-state index contributed by atoms with van der Waals surface area (Å²) in [5.41, 5.74) is 0.675. The van der Waals surface area contributed by atoms with Gasteiger partial charge < -0.3 is 34.1 Å². The van der Waals surface area contributed by atoms with E-state index in [9.17, 15) is 14.4 Å². The number of aliphatic carboxylic acids is 3. The Morgan fingerprint density at radius 2 is 1.67 bits per heavy atom. The minimum absolute atomic E-state index is 0.826. The number of carboxylic acid groups (broad SMARTS) is 3. The van der Waals surface area contributed by atoms with Crippen molar-refractivity contribution >= 4 is 28.9 Å². The van der Waals surface area contributed by atoms with Crippen LogP contribution in [-0.2, 0) is 34.0 Å². The number of para-hydroxylation sites is 2. The lowest BCUT2D eigenvalue weighted by Gasteiger charge is -2.23. The van der Waals surface area contributed by atoms with E-state index < -0.39 is 36.4 Å². The molecule has 0 bridgehead atoms. The van der Waals surface area contributed by atoms with Gasteiger partial charge in [-0.3, -0.25) is 14.5 Å². The minimum Gasteiger partial charge on any atom is -0.496 e. The second-order valence-corrected chi connectivity index (χ2v) is 9.79. The number of aryl methyl sites for hydroxylation is 2. The second kappa shape index (κ2) is 14.8.